The van der Waals surface area contributed by atoms with Crippen molar-refractivity contribution in [3.05, 3.63) is 0 Å². The van der Waals surface area contributed by atoms with Gasteiger partial charge in [-0.1, -0.05) is 0 Å². The van der Waals surface area contributed by atoms with Crippen LogP contribution in [0.5, 0.6) is 0 Å². The third kappa shape index (κ3) is 10.2. The van der Waals surface area contributed by atoms with E-state index in [0.717, 1.165) is 11.8 Å². The summed E-state index contributed by atoms with van der Waals surface area (Å²) < 4.78 is 47.7. The summed E-state index contributed by atoms with van der Waals surface area (Å²) in [4.78, 5) is 60.0. The molecule has 3 fully saturated rings. The first-order valence-corrected chi connectivity index (χ1v) is 14.2. The molecule has 24 heteroatoms. The molecule has 0 aromatic heterocycles. The van der Waals surface area contributed by atoms with Gasteiger partial charge in [0.1, 0.15) is 42.7 Å². The van der Waals surface area contributed by atoms with E-state index in [4.69, 9.17) is 9.47 Å². The van der Waals surface area contributed by atoms with E-state index in [9.17, 15) is 58.8 Å². The van der Waals surface area contributed by atoms with Crippen molar-refractivity contribution in [2.45, 2.75) is 68.5 Å². The number of carbonyl (C=O) groups is 3. The molecule has 0 aliphatic carbocycles. The molecule has 4 amide bonds. The maximum atomic E-state index is 12.3. The van der Waals surface area contributed by atoms with Crippen LogP contribution in [0.25, 0.3) is 0 Å². The van der Waals surface area contributed by atoms with Gasteiger partial charge in [0.05, 0.1) is 13.2 Å². The molecule has 3 aliphatic heterocycles. The Kier molecular flexibility index (Phi) is 15.5. The fraction of sp³-hybridized carbons (Fsp3) is 0.824. The van der Waals surface area contributed by atoms with Crippen LogP contribution in [0.1, 0.15) is 13.3 Å². The number of rotatable bonds is 10. The molecule has 3 rings (SSSR count). The van der Waals surface area contributed by atoms with Crippen LogP contribution in [-0.4, -0.2) is 123 Å². The number of carbonyl (C=O) groups excluding carboxylic acids is 3. The summed E-state index contributed by atoms with van der Waals surface area (Å²) in [5.74, 6) is -1.41. The zero-order valence-electron chi connectivity index (χ0n) is 22.0. The maximum absolute atomic E-state index is 12.3. The number of urea groups is 1. The summed E-state index contributed by atoms with van der Waals surface area (Å²) in [6.07, 6.45) is -14.3. The van der Waals surface area contributed by atoms with Crippen LogP contribution in [0.15, 0.2) is 0 Å². The van der Waals surface area contributed by atoms with Crippen molar-refractivity contribution in [3.8, 4) is 0 Å². The Hall–Kier alpha value is 0.390. The molecule has 0 saturated carbocycles. The van der Waals surface area contributed by atoms with E-state index in [2.05, 4.69) is 18.7 Å². The Labute approximate surface area is 276 Å². The molecule has 20 nitrogen and oxygen atoms in total. The van der Waals surface area contributed by atoms with Crippen LogP contribution in [0, 0.1) is 0 Å². The Morgan fingerprint density at radius 1 is 1.05 bits per heavy atom. The number of phosphoric acid groups is 2. The molecule has 0 aromatic rings. The average molecular weight is 653 g/mol. The van der Waals surface area contributed by atoms with Gasteiger partial charge in [-0.25, -0.2) is 9.11 Å². The van der Waals surface area contributed by atoms with Crippen molar-refractivity contribution in [3.63, 3.8) is 0 Å². The van der Waals surface area contributed by atoms with Crippen LogP contribution in [0.4, 0.5) is 4.79 Å². The van der Waals surface area contributed by atoms with Gasteiger partial charge in [0, 0.05) is 19.9 Å². The smallest absolute Gasteiger partial charge is 0.756 e. The van der Waals surface area contributed by atoms with Gasteiger partial charge < -0.3 is 54.6 Å². The van der Waals surface area contributed by atoms with E-state index in [1.54, 1.807) is 0 Å². The number of hydrogen-bond donors (Lipinski definition) is 7. The predicted molar refractivity (Wildman–Crippen MR) is 114 cm³/mol. The normalized spacial score (nSPS) is 36.7. The van der Waals surface area contributed by atoms with Gasteiger partial charge in [-0.05, 0) is 0 Å². The Morgan fingerprint density at radius 2 is 1.66 bits per heavy atom. The van der Waals surface area contributed by atoms with E-state index in [1.165, 1.54) is 0 Å². The van der Waals surface area contributed by atoms with Crippen LogP contribution < -0.4 is 79.5 Å². The average Bonchev–Trinajstić information content (AvgIpc) is 3.10. The predicted octanol–water partition coefficient (Wildman–Crippen LogP) is -11.7. The van der Waals surface area contributed by atoms with Gasteiger partial charge >= 0.3 is 65.1 Å². The van der Waals surface area contributed by atoms with E-state index >= 15 is 0 Å². The minimum Gasteiger partial charge on any atom is -0.756 e. The molecule has 0 spiro atoms. The summed E-state index contributed by atoms with van der Waals surface area (Å²) in [6.45, 7) is -1.24. The molecule has 11 atom stereocenters. The third-order valence-corrected chi connectivity index (χ3v) is 8.34. The molecule has 0 radical (unpaired) electrons. The van der Waals surface area contributed by atoms with Crippen molar-refractivity contribution >= 4 is 33.5 Å². The maximum Gasteiger partial charge on any atom is 1.00 e. The number of imide groups is 1. The Morgan fingerprint density at radius 3 is 2.22 bits per heavy atom. The zero-order valence-corrected chi connectivity index (χ0v) is 27.8. The summed E-state index contributed by atoms with van der Waals surface area (Å²) in [5, 5.41) is 53.8. The number of nitrogens with one attached hydrogen (secondary N) is 2. The summed E-state index contributed by atoms with van der Waals surface area (Å²) in [5.41, 5.74) is 0. The topological polar surface area (TPSA) is 306 Å². The van der Waals surface area contributed by atoms with Gasteiger partial charge in [-0.2, -0.15) is 0 Å². The molecule has 3 saturated heterocycles. The molecule has 7 N–H and O–H groups in total. The molecule has 224 valence electrons. The summed E-state index contributed by atoms with van der Waals surface area (Å²) in [7, 11) is -11.7. The van der Waals surface area contributed by atoms with Gasteiger partial charge in [0.2, 0.25) is 11.8 Å². The van der Waals surface area contributed by atoms with Crippen molar-refractivity contribution in [1.82, 2.24) is 15.5 Å². The van der Waals surface area contributed by atoms with Crippen molar-refractivity contribution in [1.29, 1.82) is 0 Å². The Bertz CT molecular complexity index is 1040. The molecule has 0 aromatic carbocycles. The number of amides is 4. The molecule has 41 heavy (non-hydrogen) atoms. The second-order valence-electron chi connectivity index (χ2n) is 8.65. The van der Waals surface area contributed by atoms with Gasteiger partial charge in [-0.15, -0.1) is 0 Å². The standard InChI is InChI=1S/C17H29N3O17P2.2Na/c1-6(22)18-10-13(26)11(24)7(4-21)35-16(10)36-39(31,32)37-38(29,30)33-5-8-12(25)14(27)15(34-8)20-3-2-9(23)19-17(20)28;;/h7-8,10-16,21,24-27H,2-5H2,1H3,(H,18,22)(H,29,30)(H,31,32)(H,19,23,28);;/q;2*+1/p-2/t7-,8-,10-,11+,12-,13-,14-,15-,16-;;/m1../s1. The van der Waals surface area contributed by atoms with E-state index in [-0.39, 0.29) is 72.1 Å². The van der Waals surface area contributed by atoms with Crippen LogP contribution in [-0.2, 0) is 41.6 Å². The molecular weight excluding hydrogens is 626 g/mol. The fourth-order valence-electron chi connectivity index (χ4n) is 3.96. The first kappa shape index (κ1) is 39.4. The fourth-order valence-corrected chi connectivity index (χ4v) is 6.05. The quantitative estimate of drug-likeness (QED) is 0.0850. The third-order valence-electron chi connectivity index (χ3n) is 5.81. The van der Waals surface area contributed by atoms with Crippen molar-refractivity contribution < 1.29 is 141 Å². The Balaban J connectivity index is 0.00000420. The molecule has 3 heterocycles. The molecular formula is C17H27N3Na2O17P2. The van der Waals surface area contributed by atoms with E-state index in [1.807, 2.05) is 5.32 Å². The number of phosphoric ester groups is 2. The number of nitrogens with zero attached hydrogens (tertiary/aromatic N) is 1. The van der Waals surface area contributed by atoms with Crippen LogP contribution in [0.2, 0.25) is 0 Å². The van der Waals surface area contributed by atoms with E-state index < -0.39 is 102 Å². The van der Waals surface area contributed by atoms with Crippen molar-refractivity contribution in [2.24, 2.45) is 0 Å². The summed E-state index contributed by atoms with van der Waals surface area (Å²) >= 11 is 0. The van der Waals surface area contributed by atoms with Gasteiger partial charge in [0.25, 0.3) is 15.6 Å². The minimum absolute atomic E-state index is 0. The van der Waals surface area contributed by atoms with Gasteiger partial charge in [-0.3, -0.25) is 33.5 Å². The summed E-state index contributed by atoms with van der Waals surface area (Å²) in [6, 6.07) is -2.68. The first-order chi connectivity index (χ1) is 18.0. The van der Waals surface area contributed by atoms with Gasteiger partial charge in [0.15, 0.2) is 12.5 Å². The first-order valence-electron chi connectivity index (χ1n) is 11.2. The molecule has 2 unspecified atom stereocenters. The molecule has 3 aliphatic rings. The minimum atomic E-state index is -5.93. The largest absolute Gasteiger partial charge is 1.00 e. The second-order valence-corrected chi connectivity index (χ2v) is 11.6. The zero-order chi connectivity index (χ0) is 29.3. The monoisotopic (exact) mass is 653 g/mol. The molecule has 0 bridgehead atoms. The van der Waals surface area contributed by atoms with Crippen LogP contribution >= 0.6 is 15.6 Å². The number of aliphatic hydroxyl groups excluding tert-OH is 5. The SMILES string of the molecule is CC(=O)N[C@H]1[C@@H](OP(=O)([O-])OP(=O)([O-])OC[C@H]2O[C@@H](N3CCC(=O)NC3=O)[C@H](O)[C@@H]2O)O[C@H](CO)[C@H](O)[C@@H]1O.[Na+].[Na+]. The van der Waals surface area contributed by atoms with Crippen molar-refractivity contribution in [2.75, 3.05) is 19.8 Å². The van der Waals surface area contributed by atoms with E-state index in [0.29, 0.717) is 0 Å². The number of hydrogen-bond acceptors (Lipinski definition) is 17. The second kappa shape index (κ2) is 16.1. The van der Waals surface area contributed by atoms with Crippen LogP contribution in [0.3, 0.4) is 0 Å². The number of aliphatic hydroxyl groups is 5. The number of ether oxygens (including phenoxy) is 2.